The van der Waals surface area contributed by atoms with E-state index < -0.39 is 5.97 Å². The number of rotatable bonds is 7. The summed E-state index contributed by atoms with van der Waals surface area (Å²) in [6, 6.07) is 12.7. The average molecular weight is 364 g/mol. The quantitative estimate of drug-likeness (QED) is 0.639. The molecule has 0 aliphatic rings. The van der Waals surface area contributed by atoms with E-state index in [2.05, 4.69) is 13.0 Å². The zero-order valence-electron chi connectivity index (χ0n) is 13.4. The summed E-state index contributed by atoms with van der Waals surface area (Å²) < 4.78 is 0. The van der Waals surface area contributed by atoms with Gasteiger partial charge in [0.15, 0.2) is 0 Å². The predicted molar refractivity (Wildman–Crippen MR) is 101 cm³/mol. The van der Waals surface area contributed by atoms with Crippen LogP contribution in [0.4, 0.5) is 11.4 Å². The molecule has 0 atom stereocenters. The zero-order valence-corrected chi connectivity index (χ0v) is 14.9. The highest BCUT2D eigenvalue weighted by atomic mass is 35.5. The van der Waals surface area contributed by atoms with Crippen LogP contribution in [0.25, 0.3) is 0 Å². The van der Waals surface area contributed by atoms with E-state index in [-0.39, 0.29) is 6.42 Å². The van der Waals surface area contributed by atoms with Crippen molar-refractivity contribution < 1.29 is 9.90 Å². The Labute approximate surface area is 152 Å². The first-order valence-electron chi connectivity index (χ1n) is 7.70. The minimum Gasteiger partial charge on any atom is -0.481 e. The molecule has 1 N–H and O–H groups in total. The third-order valence-electron chi connectivity index (χ3n) is 3.52. The summed E-state index contributed by atoms with van der Waals surface area (Å²) in [6.45, 7) is 2.61. The van der Waals surface area contributed by atoms with Gasteiger partial charge in [-0.25, -0.2) is 0 Å². The first-order chi connectivity index (χ1) is 11.5. The molecule has 0 spiro atoms. The largest absolute Gasteiger partial charge is 0.481 e. The van der Waals surface area contributed by atoms with Gasteiger partial charge in [0.25, 0.3) is 0 Å². The zero-order chi connectivity index (χ0) is 17.5. The Bertz CT molecular complexity index is 724. The lowest BCUT2D eigenvalue weighted by molar-refractivity contribution is -0.136. The van der Waals surface area contributed by atoms with Crippen molar-refractivity contribution >= 4 is 40.5 Å². The lowest BCUT2D eigenvalue weighted by Gasteiger charge is -2.27. The predicted octanol–water partition coefficient (Wildman–Crippen LogP) is 5.72. The van der Waals surface area contributed by atoms with Crippen LogP contribution in [0, 0.1) is 0 Å². The number of hydrogen-bond acceptors (Lipinski definition) is 2. The van der Waals surface area contributed by atoms with Gasteiger partial charge in [-0.05, 0) is 30.2 Å². The molecule has 24 heavy (non-hydrogen) atoms. The number of carboxylic acids is 1. The van der Waals surface area contributed by atoms with Crippen molar-refractivity contribution in [1.29, 1.82) is 0 Å². The van der Waals surface area contributed by atoms with Gasteiger partial charge in [-0.3, -0.25) is 4.79 Å². The van der Waals surface area contributed by atoms with Crippen LogP contribution in [0.1, 0.15) is 18.9 Å². The van der Waals surface area contributed by atoms with Crippen molar-refractivity contribution in [3.05, 3.63) is 70.2 Å². The fraction of sp³-hybridized carbons (Fsp3) is 0.211. The second-order valence-electron chi connectivity index (χ2n) is 5.26. The van der Waals surface area contributed by atoms with Gasteiger partial charge in [-0.2, -0.15) is 0 Å². The van der Waals surface area contributed by atoms with Gasteiger partial charge in [-0.15, -0.1) is 0 Å². The number of carboxylic acid groups (broad SMARTS) is 1. The molecule has 2 rings (SSSR count). The number of halogens is 2. The highest BCUT2D eigenvalue weighted by Gasteiger charge is 2.18. The van der Waals surface area contributed by atoms with E-state index in [0.717, 1.165) is 12.1 Å². The van der Waals surface area contributed by atoms with Crippen LogP contribution in [0.5, 0.6) is 0 Å². The molecule has 0 aliphatic heterocycles. The maximum absolute atomic E-state index is 11.2. The van der Waals surface area contributed by atoms with Gasteiger partial charge in [0.05, 0.1) is 22.2 Å². The molecule has 0 heterocycles. The van der Waals surface area contributed by atoms with Gasteiger partial charge in [0, 0.05) is 12.2 Å². The van der Waals surface area contributed by atoms with Gasteiger partial charge >= 0.3 is 5.97 Å². The van der Waals surface area contributed by atoms with E-state index in [0.29, 0.717) is 27.8 Å². The van der Waals surface area contributed by atoms with Crippen LogP contribution < -0.4 is 4.90 Å². The molecule has 3 nitrogen and oxygen atoms in total. The summed E-state index contributed by atoms with van der Waals surface area (Å²) in [4.78, 5) is 13.1. The second kappa shape index (κ2) is 8.76. The van der Waals surface area contributed by atoms with E-state index in [1.54, 1.807) is 18.2 Å². The number of para-hydroxylation sites is 2. The third kappa shape index (κ3) is 4.53. The van der Waals surface area contributed by atoms with Crippen LogP contribution in [0.2, 0.25) is 10.0 Å². The minimum atomic E-state index is -0.878. The third-order valence-corrected chi connectivity index (χ3v) is 4.13. The summed E-state index contributed by atoms with van der Waals surface area (Å²) in [7, 11) is 0. The Hall–Kier alpha value is -1.97. The summed E-state index contributed by atoms with van der Waals surface area (Å²) in [5.41, 5.74) is 2.18. The highest BCUT2D eigenvalue weighted by molar-refractivity contribution is 6.39. The molecule has 0 saturated heterocycles. The summed E-state index contributed by atoms with van der Waals surface area (Å²) in [5, 5.41) is 10.2. The van der Waals surface area contributed by atoms with E-state index in [1.807, 2.05) is 35.2 Å². The van der Waals surface area contributed by atoms with Crippen molar-refractivity contribution in [1.82, 2.24) is 0 Å². The lowest BCUT2D eigenvalue weighted by atomic mass is 10.1. The normalized spacial score (nSPS) is 11.0. The maximum Gasteiger partial charge on any atom is 0.307 e. The highest BCUT2D eigenvalue weighted by Crippen LogP contribution is 2.39. The van der Waals surface area contributed by atoms with Gasteiger partial charge in [0.1, 0.15) is 0 Å². The first kappa shape index (κ1) is 18.4. The van der Waals surface area contributed by atoms with Crippen molar-refractivity contribution in [2.45, 2.75) is 19.8 Å². The molecule has 0 amide bonds. The fourth-order valence-electron chi connectivity index (χ4n) is 2.49. The molecule has 126 valence electrons. The van der Waals surface area contributed by atoms with E-state index in [4.69, 9.17) is 23.2 Å². The molecule has 0 aliphatic carbocycles. The smallest absolute Gasteiger partial charge is 0.307 e. The molecule has 0 bridgehead atoms. The number of allylic oxidation sites excluding steroid dienone is 1. The van der Waals surface area contributed by atoms with E-state index >= 15 is 0 Å². The van der Waals surface area contributed by atoms with Gasteiger partial charge in [0.2, 0.25) is 0 Å². The van der Waals surface area contributed by atoms with Gasteiger partial charge in [-0.1, -0.05) is 66.5 Å². The molecule has 0 radical (unpaired) electrons. The van der Waals surface area contributed by atoms with Crippen molar-refractivity contribution in [2.75, 3.05) is 11.4 Å². The topological polar surface area (TPSA) is 40.5 Å². The molecule has 5 heteroatoms. The Morgan fingerprint density at radius 2 is 1.75 bits per heavy atom. The van der Waals surface area contributed by atoms with Crippen LogP contribution in [-0.4, -0.2) is 17.6 Å². The first-order valence-corrected chi connectivity index (χ1v) is 8.46. The Morgan fingerprint density at radius 1 is 1.08 bits per heavy atom. The van der Waals surface area contributed by atoms with Crippen LogP contribution >= 0.6 is 23.2 Å². The minimum absolute atomic E-state index is 0.0633. The molecular formula is C19H19Cl2NO2. The van der Waals surface area contributed by atoms with Crippen molar-refractivity contribution in [3.63, 3.8) is 0 Å². The second-order valence-corrected chi connectivity index (χ2v) is 6.07. The molecule has 0 saturated carbocycles. The van der Waals surface area contributed by atoms with Crippen LogP contribution in [0.15, 0.2) is 54.6 Å². The number of carbonyl (C=O) groups is 1. The van der Waals surface area contributed by atoms with Crippen LogP contribution in [0.3, 0.4) is 0 Å². The summed E-state index contributed by atoms with van der Waals surface area (Å²) in [6.07, 6.45) is 4.93. The number of nitrogens with zero attached hydrogens (tertiary/aromatic N) is 1. The SMILES string of the molecule is CCC=CCN(c1ccccc1CC(=O)O)c1c(Cl)cccc1Cl. The molecule has 0 unspecified atom stereocenters. The Morgan fingerprint density at radius 3 is 2.38 bits per heavy atom. The maximum atomic E-state index is 11.2. The number of hydrogen-bond donors (Lipinski definition) is 1. The molecule has 2 aromatic rings. The van der Waals surface area contributed by atoms with Crippen molar-refractivity contribution in [3.8, 4) is 0 Å². The summed E-state index contributed by atoms with van der Waals surface area (Å²) in [5.74, 6) is -0.878. The average Bonchev–Trinajstić information content (AvgIpc) is 2.53. The lowest BCUT2D eigenvalue weighted by Crippen LogP contribution is -2.20. The fourth-order valence-corrected chi connectivity index (χ4v) is 3.09. The molecule has 0 fully saturated rings. The van der Waals surface area contributed by atoms with Crippen LogP contribution in [-0.2, 0) is 11.2 Å². The number of anilines is 2. The molecule has 2 aromatic carbocycles. The van der Waals surface area contributed by atoms with Crippen molar-refractivity contribution in [2.24, 2.45) is 0 Å². The monoisotopic (exact) mass is 363 g/mol. The Kier molecular flexibility index (Phi) is 6.71. The number of benzene rings is 2. The van der Waals surface area contributed by atoms with Gasteiger partial charge < -0.3 is 10.0 Å². The Balaban J connectivity index is 2.55. The molecule has 0 aromatic heterocycles. The molecular weight excluding hydrogens is 345 g/mol. The van der Waals surface area contributed by atoms with E-state index in [1.165, 1.54) is 0 Å². The number of aliphatic carboxylic acids is 1. The van der Waals surface area contributed by atoms with E-state index in [9.17, 15) is 9.90 Å². The summed E-state index contributed by atoms with van der Waals surface area (Å²) >= 11 is 12.8. The standard InChI is InChI=1S/C19H19Cl2NO2/c1-2-3-6-12-22(19-15(20)9-7-10-16(19)21)17-11-5-4-8-14(17)13-18(23)24/h3-11H,2,12-13H2,1H3,(H,23,24).